The van der Waals surface area contributed by atoms with Crippen molar-refractivity contribution in [2.45, 2.75) is 62.6 Å². The van der Waals surface area contributed by atoms with Crippen molar-refractivity contribution in [3.05, 3.63) is 59.6 Å². The number of likely N-dealkylation sites (tertiary alicyclic amines) is 1. The average Bonchev–Trinajstić information content (AvgIpc) is 3.43. The van der Waals surface area contributed by atoms with Gasteiger partial charge in [0.05, 0.1) is 41.5 Å². The second kappa shape index (κ2) is 11.6. The first kappa shape index (κ1) is 31.1. The Hall–Kier alpha value is -4.47. The highest BCUT2D eigenvalue weighted by atomic mass is 19.1. The third kappa shape index (κ3) is 5.31. The van der Waals surface area contributed by atoms with E-state index in [9.17, 15) is 23.8 Å². The topological polar surface area (TPSA) is 106 Å². The number of likely N-dealkylation sites (N-methyl/N-ethyl adjacent to an activating group) is 1. The average molecular weight is 645 g/mol. The number of anilines is 2. The van der Waals surface area contributed by atoms with Gasteiger partial charge in [-0.2, -0.15) is 9.97 Å². The number of nitrogens with zero attached hydrogens (tertiary/aromatic N) is 6. The predicted molar refractivity (Wildman–Crippen MR) is 174 cm³/mol. The number of carbonyl (C=O) groups is 1. The molecule has 1 unspecified atom stereocenters. The lowest BCUT2D eigenvalue weighted by Gasteiger charge is -2.42. The molecule has 246 valence electrons. The fourth-order valence-corrected chi connectivity index (χ4v) is 7.87. The van der Waals surface area contributed by atoms with Crippen molar-refractivity contribution < 1.29 is 28.5 Å². The minimum Gasteiger partial charge on any atom is -0.508 e. The standard InChI is InChI=1S/C35H38F2N6O4/c1-5-24-26(37)8-7-20-11-23(44)13-28(32(20)24)41-10-9-25-27(17-41)38-34(47-19-35(3)14-21(36)15-40(35)4)39-33(25)42-16-22-12-30(45)29(18-42)43(22)31(46)6-2/h1,6-8,11,13,21-22,29-30,44-45H,2,9-10,12,14-19H2,3-4H3/t21-,22-,29-,30?,35+/m1/s1. The minimum absolute atomic E-state index is 0.0290. The van der Waals surface area contributed by atoms with Crippen molar-refractivity contribution in [3.8, 4) is 24.1 Å². The van der Waals surface area contributed by atoms with Gasteiger partial charge in [0.1, 0.15) is 30.2 Å². The van der Waals surface area contributed by atoms with Crippen LogP contribution in [0, 0.1) is 18.2 Å². The molecule has 0 spiro atoms. The van der Waals surface area contributed by atoms with Crippen LogP contribution >= 0.6 is 0 Å². The maximum atomic E-state index is 14.9. The van der Waals surface area contributed by atoms with Gasteiger partial charge in [0.2, 0.25) is 5.91 Å². The largest absolute Gasteiger partial charge is 0.508 e. The van der Waals surface area contributed by atoms with Crippen molar-refractivity contribution in [3.63, 3.8) is 0 Å². The molecule has 1 aromatic heterocycles. The van der Waals surface area contributed by atoms with E-state index in [2.05, 4.69) is 17.4 Å². The van der Waals surface area contributed by atoms with E-state index < -0.39 is 29.7 Å². The smallest absolute Gasteiger partial charge is 0.318 e. The lowest BCUT2D eigenvalue weighted by molar-refractivity contribution is -0.130. The van der Waals surface area contributed by atoms with Crippen LogP contribution in [0.1, 0.15) is 36.6 Å². The van der Waals surface area contributed by atoms with Gasteiger partial charge in [-0.3, -0.25) is 9.69 Å². The number of aromatic hydroxyl groups is 1. The molecular formula is C35H38F2N6O4. The highest BCUT2D eigenvalue weighted by Crippen LogP contribution is 2.40. The Morgan fingerprint density at radius 1 is 1.26 bits per heavy atom. The third-order valence-electron chi connectivity index (χ3n) is 10.4. The zero-order valence-corrected chi connectivity index (χ0v) is 26.5. The molecule has 4 aliphatic rings. The van der Waals surface area contributed by atoms with Gasteiger partial charge < -0.3 is 29.6 Å². The maximum absolute atomic E-state index is 14.9. The van der Waals surface area contributed by atoms with Gasteiger partial charge in [-0.1, -0.05) is 18.6 Å². The number of halogens is 2. The Labute approximate surface area is 272 Å². The molecule has 2 bridgehead atoms. The monoisotopic (exact) mass is 644 g/mol. The summed E-state index contributed by atoms with van der Waals surface area (Å²) in [4.78, 5) is 30.2. The van der Waals surface area contributed by atoms with Crippen LogP contribution < -0.4 is 14.5 Å². The number of alkyl halides is 1. The molecule has 5 heterocycles. The number of piperazine rings is 1. The number of hydrogen-bond donors (Lipinski definition) is 2. The number of aliphatic hydroxyl groups excluding tert-OH is 1. The van der Waals surface area contributed by atoms with E-state index in [0.717, 1.165) is 5.56 Å². The Morgan fingerprint density at radius 2 is 2.06 bits per heavy atom. The number of rotatable bonds is 6. The van der Waals surface area contributed by atoms with Crippen LogP contribution in [-0.2, 0) is 17.8 Å². The van der Waals surface area contributed by atoms with Crippen molar-refractivity contribution in [1.29, 1.82) is 0 Å². The van der Waals surface area contributed by atoms with Gasteiger partial charge >= 0.3 is 6.01 Å². The van der Waals surface area contributed by atoms with Crippen LogP contribution in [0.25, 0.3) is 10.8 Å². The molecule has 0 saturated carbocycles. The van der Waals surface area contributed by atoms with Crippen molar-refractivity contribution in [2.75, 3.05) is 49.6 Å². The highest BCUT2D eigenvalue weighted by Gasteiger charge is 2.48. The summed E-state index contributed by atoms with van der Waals surface area (Å²) >= 11 is 0. The van der Waals surface area contributed by atoms with Crippen LogP contribution in [-0.4, -0.2) is 106 Å². The summed E-state index contributed by atoms with van der Waals surface area (Å²) in [5.74, 6) is 2.46. The van der Waals surface area contributed by atoms with Crippen LogP contribution in [0.4, 0.5) is 20.3 Å². The molecule has 5 atom stereocenters. The number of terminal acetylenes is 1. The summed E-state index contributed by atoms with van der Waals surface area (Å²) in [6.45, 7) is 7.74. The fourth-order valence-electron chi connectivity index (χ4n) is 7.87. The number of aromatic nitrogens is 2. The number of phenolic OH excluding ortho intramolecular Hbond substituents is 1. The Morgan fingerprint density at radius 3 is 2.77 bits per heavy atom. The number of fused-ring (bicyclic) bond motifs is 4. The molecule has 2 N–H and O–H groups in total. The normalized spacial score (nSPS) is 27.2. The first-order chi connectivity index (χ1) is 22.5. The van der Waals surface area contributed by atoms with Gasteiger partial charge in [0.15, 0.2) is 0 Å². The zero-order chi connectivity index (χ0) is 33.2. The van der Waals surface area contributed by atoms with Crippen LogP contribution in [0.2, 0.25) is 0 Å². The van der Waals surface area contributed by atoms with Gasteiger partial charge in [0.25, 0.3) is 0 Å². The van der Waals surface area contributed by atoms with Gasteiger partial charge in [0, 0.05) is 55.3 Å². The molecule has 47 heavy (non-hydrogen) atoms. The Balaban J connectivity index is 1.27. The molecule has 2 aromatic carbocycles. The van der Waals surface area contributed by atoms with Gasteiger partial charge in [-0.05, 0) is 50.4 Å². The van der Waals surface area contributed by atoms with E-state index in [4.69, 9.17) is 21.1 Å². The summed E-state index contributed by atoms with van der Waals surface area (Å²) in [7, 11) is 1.87. The van der Waals surface area contributed by atoms with Crippen molar-refractivity contribution in [1.82, 2.24) is 19.8 Å². The lowest BCUT2D eigenvalue weighted by Crippen LogP contribution is -2.57. The van der Waals surface area contributed by atoms with Gasteiger partial charge in [-0.25, -0.2) is 8.78 Å². The van der Waals surface area contributed by atoms with E-state index in [-0.39, 0.29) is 35.9 Å². The number of aliphatic hydroxyl groups is 1. The molecule has 3 aromatic rings. The zero-order valence-electron chi connectivity index (χ0n) is 26.5. The van der Waals surface area contributed by atoms with Gasteiger partial charge in [-0.15, -0.1) is 6.42 Å². The van der Waals surface area contributed by atoms with Crippen LogP contribution in [0.15, 0.2) is 36.9 Å². The SMILES string of the molecule is C#Cc1c(F)ccc2cc(O)cc(N3CCc4c(nc(OC[C@]5(C)C[C@@H](F)CN5C)nc4N4C[C@H]5CC(O)[C@@H](C4)N5C(=O)C=C)C3)c12. The van der Waals surface area contributed by atoms with E-state index in [1.807, 2.05) is 23.8 Å². The van der Waals surface area contributed by atoms with Crippen LogP contribution in [0.3, 0.4) is 0 Å². The fraction of sp³-hybridized carbons (Fsp3) is 0.457. The summed E-state index contributed by atoms with van der Waals surface area (Å²) < 4.78 is 35.4. The Kier molecular flexibility index (Phi) is 7.72. The number of carbonyl (C=O) groups excluding carboxylic acids is 1. The minimum atomic E-state index is -0.950. The first-order valence-corrected chi connectivity index (χ1v) is 15.9. The van der Waals surface area contributed by atoms with E-state index in [1.165, 1.54) is 12.1 Å². The van der Waals surface area contributed by atoms with E-state index in [0.29, 0.717) is 80.0 Å². The molecule has 3 saturated heterocycles. The number of hydrogen-bond acceptors (Lipinski definition) is 9. The second-order valence-corrected chi connectivity index (χ2v) is 13.4. The van der Waals surface area contributed by atoms with Crippen molar-refractivity contribution in [2.24, 2.45) is 0 Å². The molecular weight excluding hydrogens is 606 g/mol. The molecule has 7 rings (SSSR count). The molecule has 3 fully saturated rings. The molecule has 1 amide bonds. The molecule has 0 radical (unpaired) electrons. The van der Waals surface area contributed by atoms with Crippen LogP contribution in [0.5, 0.6) is 11.8 Å². The number of phenols is 1. The molecule has 12 heteroatoms. The third-order valence-corrected chi connectivity index (χ3v) is 10.4. The highest BCUT2D eigenvalue weighted by molar-refractivity contribution is 6.00. The quantitative estimate of drug-likeness (QED) is 0.309. The summed E-state index contributed by atoms with van der Waals surface area (Å²) in [6, 6.07) is 5.56. The summed E-state index contributed by atoms with van der Waals surface area (Å²) in [5, 5.41) is 22.6. The molecule has 0 aliphatic carbocycles. The van der Waals surface area contributed by atoms with E-state index in [1.54, 1.807) is 23.1 Å². The maximum Gasteiger partial charge on any atom is 0.318 e. The molecule has 4 aliphatic heterocycles. The first-order valence-electron chi connectivity index (χ1n) is 15.9. The lowest BCUT2D eigenvalue weighted by atomic mass is 9.98. The predicted octanol–water partition coefficient (Wildman–Crippen LogP) is 3.17. The second-order valence-electron chi connectivity index (χ2n) is 13.4. The summed E-state index contributed by atoms with van der Waals surface area (Å²) in [5.41, 5.74) is 1.77. The number of ether oxygens (including phenoxy) is 1. The summed E-state index contributed by atoms with van der Waals surface area (Å²) in [6.07, 6.45) is 6.72. The Bertz CT molecular complexity index is 1820. The van der Waals surface area contributed by atoms with E-state index >= 15 is 0 Å². The number of amides is 1. The molecule has 10 nitrogen and oxygen atoms in total. The number of benzene rings is 2. The van der Waals surface area contributed by atoms with Crippen molar-refractivity contribution >= 4 is 28.2 Å².